The Morgan fingerprint density at radius 3 is 2.56 bits per heavy atom. The van der Waals surface area contributed by atoms with Gasteiger partial charge in [-0.2, -0.15) is 0 Å². The van der Waals surface area contributed by atoms with Crippen LogP contribution < -0.4 is 10.1 Å². The number of nitrogens with zero attached hydrogens (tertiary/aromatic N) is 2. The highest BCUT2D eigenvalue weighted by atomic mass is 16.5. The molecule has 1 unspecified atom stereocenters. The first-order valence-corrected chi connectivity index (χ1v) is 5.66. The quantitative estimate of drug-likeness (QED) is 0.833. The molecule has 0 amide bonds. The van der Waals surface area contributed by atoms with Crippen LogP contribution in [0.15, 0.2) is 6.33 Å². The predicted octanol–water partition coefficient (Wildman–Crippen LogP) is 2.64. The Morgan fingerprint density at radius 1 is 1.31 bits per heavy atom. The van der Waals surface area contributed by atoms with Crippen LogP contribution in [0, 0.1) is 12.8 Å². The first-order valence-electron chi connectivity index (χ1n) is 5.66. The first-order chi connectivity index (χ1) is 7.54. The third-order valence-corrected chi connectivity index (χ3v) is 2.44. The molecule has 1 N–H and O–H groups in total. The molecule has 0 aromatic carbocycles. The summed E-state index contributed by atoms with van der Waals surface area (Å²) in [6.45, 7) is 8.55. The van der Waals surface area contributed by atoms with Gasteiger partial charge in [0.15, 0.2) is 0 Å². The van der Waals surface area contributed by atoms with Crippen molar-refractivity contribution >= 4 is 5.82 Å². The molecule has 0 aliphatic rings. The minimum absolute atomic E-state index is 0.401. The zero-order chi connectivity index (χ0) is 12.1. The molecule has 0 fully saturated rings. The maximum absolute atomic E-state index is 5.16. The van der Waals surface area contributed by atoms with Gasteiger partial charge in [-0.1, -0.05) is 13.8 Å². The average Bonchev–Trinajstić information content (AvgIpc) is 2.20. The molecular formula is C12H21N3O. The van der Waals surface area contributed by atoms with E-state index in [9.17, 15) is 0 Å². The van der Waals surface area contributed by atoms with Crippen molar-refractivity contribution in [3.63, 3.8) is 0 Å². The van der Waals surface area contributed by atoms with Crippen molar-refractivity contribution in [2.24, 2.45) is 5.92 Å². The van der Waals surface area contributed by atoms with E-state index in [0.717, 1.165) is 17.8 Å². The SMILES string of the molecule is COc1ncnc(NC(C)CC(C)C)c1C. The first kappa shape index (κ1) is 12.7. The van der Waals surface area contributed by atoms with Gasteiger partial charge in [0, 0.05) is 6.04 Å². The van der Waals surface area contributed by atoms with Crippen LogP contribution in [0.25, 0.3) is 0 Å². The number of hydrogen-bond donors (Lipinski definition) is 1. The van der Waals surface area contributed by atoms with Crippen molar-refractivity contribution in [2.75, 3.05) is 12.4 Å². The van der Waals surface area contributed by atoms with Gasteiger partial charge in [0.2, 0.25) is 5.88 Å². The maximum atomic E-state index is 5.16. The minimum atomic E-state index is 0.401. The summed E-state index contributed by atoms with van der Waals surface area (Å²) in [6.07, 6.45) is 2.64. The lowest BCUT2D eigenvalue weighted by Gasteiger charge is -2.18. The highest BCUT2D eigenvalue weighted by Crippen LogP contribution is 2.21. The molecule has 90 valence electrons. The minimum Gasteiger partial charge on any atom is -0.481 e. The Balaban J connectivity index is 2.73. The van der Waals surface area contributed by atoms with Crippen LogP contribution in [-0.4, -0.2) is 23.1 Å². The molecule has 0 spiro atoms. The second-order valence-corrected chi connectivity index (χ2v) is 4.53. The summed E-state index contributed by atoms with van der Waals surface area (Å²) < 4.78 is 5.16. The number of ether oxygens (including phenoxy) is 1. The summed E-state index contributed by atoms with van der Waals surface area (Å²) in [7, 11) is 1.62. The monoisotopic (exact) mass is 223 g/mol. The average molecular weight is 223 g/mol. The number of aromatic nitrogens is 2. The van der Waals surface area contributed by atoms with Gasteiger partial charge in [-0.25, -0.2) is 9.97 Å². The van der Waals surface area contributed by atoms with Crippen molar-refractivity contribution < 1.29 is 4.74 Å². The van der Waals surface area contributed by atoms with Crippen molar-refractivity contribution in [1.82, 2.24) is 9.97 Å². The van der Waals surface area contributed by atoms with E-state index < -0.39 is 0 Å². The molecule has 1 aromatic heterocycles. The van der Waals surface area contributed by atoms with Crippen LogP contribution >= 0.6 is 0 Å². The lowest BCUT2D eigenvalue weighted by atomic mass is 10.1. The predicted molar refractivity (Wildman–Crippen MR) is 65.9 cm³/mol. The number of methoxy groups -OCH3 is 1. The molecule has 1 heterocycles. The summed E-state index contributed by atoms with van der Waals surface area (Å²) >= 11 is 0. The number of hydrogen-bond acceptors (Lipinski definition) is 4. The van der Waals surface area contributed by atoms with E-state index in [1.807, 2.05) is 6.92 Å². The van der Waals surface area contributed by atoms with Gasteiger partial charge in [-0.05, 0) is 26.2 Å². The van der Waals surface area contributed by atoms with E-state index in [2.05, 4.69) is 36.1 Å². The van der Waals surface area contributed by atoms with E-state index in [-0.39, 0.29) is 0 Å². The fourth-order valence-electron chi connectivity index (χ4n) is 1.78. The summed E-state index contributed by atoms with van der Waals surface area (Å²) in [5.41, 5.74) is 0.959. The molecule has 1 atom stereocenters. The molecule has 1 aromatic rings. The van der Waals surface area contributed by atoms with Gasteiger partial charge in [0.05, 0.1) is 12.7 Å². The van der Waals surface area contributed by atoms with Crippen LogP contribution in [-0.2, 0) is 0 Å². The Labute approximate surface area is 97.5 Å². The van der Waals surface area contributed by atoms with E-state index in [1.165, 1.54) is 6.33 Å². The summed E-state index contributed by atoms with van der Waals surface area (Å²) in [6, 6.07) is 0.401. The van der Waals surface area contributed by atoms with Crippen LogP contribution in [0.5, 0.6) is 5.88 Å². The lowest BCUT2D eigenvalue weighted by Crippen LogP contribution is -2.19. The molecule has 1 rings (SSSR count). The van der Waals surface area contributed by atoms with Gasteiger partial charge >= 0.3 is 0 Å². The molecule has 0 aliphatic heterocycles. The van der Waals surface area contributed by atoms with Crippen molar-refractivity contribution in [3.8, 4) is 5.88 Å². The highest BCUT2D eigenvalue weighted by Gasteiger charge is 2.10. The largest absolute Gasteiger partial charge is 0.481 e. The maximum Gasteiger partial charge on any atom is 0.221 e. The third-order valence-electron chi connectivity index (χ3n) is 2.44. The Bertz CT molecular complexity index is 339. The van der Waals surface area contributed by atoms with Gasteiger partial charge < -0.3 is 10.1 Å². The Kier molecular flexibility index (Phi) is 4.52. The van der Waals surface area contributed by atoms with Gasteiger partial charge in [-0.3, -0.25) is 0 Å². The normalized spacial score (nSPS) is 12.6. The van der Waals surface area contributed by atoms with Gasteiger partial charge in [-0.15, -0.1) is 0 Å². The van der Waals surface area contributed by atoms with Crippen LogP contribution in [0.3, 0.4) is 0 Å². The van der Waals surface area contributed by atoms with Crippen molar-refractivity contribution in [3.05, 3.63) is 11.9 Å². The second-order valence-electron chi connectivity index (χ2n) is 4.53. The van der Waals surface area contributed by atoms with E-state index in [4.69, 9.17) is 4.74 Å². The van der Waals surface area contributed by atoms with E-state index in [0.29, 0.717) is 17.8 Å². The molecule has 4 heteroatoms. The van der Waals surface area contributed by atoms with Gasteiger partial charge in [0.1, 0.15) is 12.1 Å². The summed E-state index contributed by atoms with van der Waals surface area (Å²) in [5, 5.41) is 3.39. The molecule has 16 heavy (non-hydrogen) atoms. The third kappa shape index (κ3) is 3.36. The molecule has 0 radical (unpaired) electrons. The smallest absolute Gasteiger partial charge is 0.221 e. The zero-order valence-electron chi connectivity index (χ0n) is 10.7. The number of rotatable bonds is 5. The van der Waals surface area contributed by atoms with Gasteiger partial charge in [0.25, 0.3) is 0 Å². The van der Waals surface area contributed by atoms with Crippen LogP contribution in [0.4, 0.5) is 5.82 Å². The molecule has 0 saturated heterocycles. The summed E-state index contributed by atoms with van der Waals surface area (Å²) in [5.74, 6) is 2.17. The fraction of sp³-hybridized carbons (Fsp3) is 0.667. The molecule has 0 saturated carbocycles. The van der Waals surface area contributed by atoms with E-state index >= 15 is 0 Å². The number of anilines is 1. The highest BCUT2D eigenvalue weighted by molar-refractivity contribution is 5.48. The van der Waals surface area contributed by atoms with Crippen LogP contribution in [0.2, 0.25) is 0 Å². The summed E-state index contributed by atoms with van der Waals surface area (Å²) in [4.78, 5) is 8.28. The van der Waals surface area contributed by atoms with E-state index in [1.54, 1.807) is 7.11 Å². The van der Waals surface area contributed by atoms with Crippen molar-refractivity contribution in [2.45, 2.75) is 40.2 Å². The fourth-order valence-corrected chi connectivity index (χ4v) is 1.78. The molecule has 4 nitrogen and oxygen atoms in total. The lowest BCUT2D eigenvalue weighted by molar-refractivity contribution is 0.393. The molecule has 0 bridgehead atoms. The molecular weight excluding hydrogens is 202 g/mol. The Morgan fingerprint density at radius 2 is 2.00 bits per heavy atom. The zero-order valence-corrected chi connectivity index (χ0v) is 10.7. The standard InChI is InChI=1S/C12H21N3O/c1-8(2)6-9(3)15-11-10(4)12(16-5)14-7-13-11/h7-9H,6H2,1-5H3,(H,13,14,15). The Hall–Kier alpha value is -1.32. The van der Waals surface area contributed by atoms with Crippen molar-refractivity contribution in [1.29, 1.82) is 0 Å². The van der Waals surface area contributed by atoms with Crippen LogP contribution in [0.1, 0.15) is 32.8 Å². The topological polar surface area (TPSA) is 47.0 Å². The molecule has 0 aliphatic carbocycles. The second kappa shape index (κ2) is 5.68. The number of nitrogens with one attached hydrogen (secondary N) is 1.